The van der Waals surface area contributed by atoms with Crippen molar-refractivity contribution in [2.75, 3.05) is 0 Å². The van der Waals surface area contributed by atoms with Gasteiger partial charge in [0.05, 0.1) is 0 Å². The number of benzene rings is 1. The van der Waals surface area contributed by atoms with E-state index in [9.17, 15) is 0 Å². The largest absolute Gasteiger partial charge is 0.251 e. The summed E-state index contributed by atoms with van der Waals surface area (Å²) in [6.45, 7) is 12.8. The summed E-state index contributed by atoms with van der Waals surface area (Å²) in [7, 11) is 0. The van der Waals surface area contributed by atoms with Crippen LogP contribution in [0.25, 0.3) is 0 Å². The number of rotatable bonds is 6. The van der Waals surface area contributed by atoms with Crippen molar-refractivity contribution in [3.8, 4) is 0 Å². The van der Waals surface area contributed by atoms with Gasteiger partial charge in [0.25, 0.3) is 0 Å². The van der Waals surface area contributed by atoms with Crippen LogP contribution in [0, 0.1) is 5.41 Å². The molecule has 0 spiro atoms. The highest BCUT2D eigenvalue weighted by Crippen LogP contribution is 2.36. The van der Waals surface area contributed by atoms with Gasteiger partial charge in [-0.05, 0) is 24.3 Å². The Morgan fingerprint density at radius 3 is 1.71 bits per heavy atom. The second-order valence-corrected chi connectivity index (χ2v) is 7.13. The summed E-state index contributed by atoms with van der Waals surface area (Å²) in [6.07, 6.45) is 6.30. The number of hydrogen-bond acceptors (Lipinski definition) is 2. The molecule has 0 bridgehead atoms. The van der Waals surface area contributed by atoms with Gasteiger partial charge in [0.15, 0.2) is 0 Å². The molecule has 0 heterocycles. The Morgan fingerprint density at radius 2 is 1.38 bits per heavy atom. The molecule has 0 radical (unpaired) electrons. The summed E-state index contributed by atoms with van der Waals surface area (Å²) in [5.41, 5.74) is 0.481. The molecule has 0 aliphatic carbocycles. The van der Waals surface area contributed by atoms with Gasteiger partial charge in [-0.1, -0.05) is 90.6 Å². The highest BCUT2D eigenvalue weighted by atomic mass is 17.1. The lowest BCUT2D eigenvalue weighted by atomic mass is 9.79. The predicted molar refractivity (Wildman–Crippen MR) is 91.4 cm³/mol. The number of unbranched alkanes of at least 4 members (excludes halogenated alkanes) is 3. The van der Waals surface area contributed by atoms with Crippen LogP contribution in [-0.4, -0.2) is 5.26 Å². The zero-order valence-electron chi connectivity index (χ0n) is 14.8. The van der Waals surface area contributed by atoms with Gasteiger partial charge in [0.2, 0.25) is 0 Å². The van der Waals surface area contributed by atoms with Gasteiger partial charge in [0, 0.05) is 0 Å². The Kier molecular flexibility index (Phi) is 9.56. The highest BCUT2D eigenvalue weighted by Gasteiger charge is 2.33. The minimum atomic E-state index is -0.625. The first-order valence-electron chi connectivity index (χ1n) is 8.17. The average Bonchev–Trinajstić information content (AvgIpc) is 2.45. The highest BCUT2D eigenvalue weighted by molar-refractivity contribution is 5.21. The molecular weight excluding hydrogens is 260 g/mol. The van der Waals surface area contributed by atoms with Gasteiger partial charge in [-0.15, -0.1) is 0 Å². The zero-order chi connectivity index (χ0) is 16.4. The van der Waals surface area contributed by atoms with Crippen molar-refractivity contribution in [1.82, 2.24) is 0 Å². The van der Waals surface area contributed by atoms with E-state index in [0.717, 1.165) is 12.0 Å². The fourth-order valence-corrected chi connectivity index (χ4v) is 2.49. The Morgan fingerprint density at radius 1 is 0.905 bits per heavy atom. The summed E-state index contributed by atoms with van der Waals surface area (Å²) in [6, 6.07) is 9.81. The SMILES string of the molecule is CC(C)(C)CC(C)(OO)c1ccccc1.CCCCCC. The van der Waals surface area contributed by atoms with Crippen LogP contribution in [0.15, 0.2) is 30.3 Å². The summed E-state index contributed by atoms with van der Waals surface area (Å²) in [4.78, 5) is 4.70. The normalized spacial score (nSPS) is 14.0. The first-order chi connectivity index (χ1) is 9.79. The molecule has 0 aliphatic rings. The standard InChI is InChI=1S/C13H20O2.C6H14/c1-12(2,3)10-13(4,15-14)11-8-6-5-7-9-11;1-3-5-6-4-2/h5-9,14H,10H2,1-4H3;3-6H2,1-2H3. The van der Waals surface area contributed by atoms with Crippen LogP contribution < -0.4 is 0 Å². The van der Waals surface area contributed by atoms with E-state index >= 15 is 0 Å². The predicted octanol–water partition coefficient (Wildman–Crippen LogP) is 6.41. The first kappa shape index (κ1) is 20.1. The Hall–Kier alpha value is -0.860. The molecular formula is C19H34O2. The van der Waals surface area contributed by atoms with Gasteiger partial charge in [-0.2, -0.15) is 0 Å². The van der Waals surface area contributed by atoms with E-state index in [1.807, 2.05) is 37.3 Å². The molecule has 0 aromatic heterocycles. The molecule has 0 saturated carbocycles. The van der Waals surface area contributed by atoms with Crippen LogP contribution in [-0.2, 0) is 10.5 Å². The molecule has 0 saturated heterocycles. The lowest BCUT2D eigenvalue weighted by Crippen LogP contribution is -2.30. The molecule has 2 nitrogen and oxygen atoms in total. The molecule has 122 valence electrons. The molecule has 0 fully saturated rings. The van der Waals surface area contributed by atoms with Gasteiger partial charge in [-0.3, -0.25) is 5.26 Å². The smallest absolute Gasteiger partial charge is 0.126 e. The van der Waals surface area contributed by atoms with E-state index in [0.29, 0.717) is 0 Å². The van der Waals surface area contributed by atoms with E-state index in [2.05, 4.69) is 34.6 Å². The second kappa shape index (κ2) is 9.97. The van der Waals surface area contributed by atoms with E-state index < -0.39 is 5.60 Å². The van der Waals surface area contributed by atoms with E-state index in [-0.39, 0.29) is 5.41 Å². The van der Waals surface area contributed by atoms with Crippen LogP contribution in [0.3, 0.4) is 0 Å². The van der Waals surface area contributed by atoms with E-state index in [1.54, 1.807) is 0 Å². The fourth-order valence-electron chi connectivity index (χ4n) is 2.49. The monoisotopic (exact) mass is 294 g/mol. The summed E-state index contributed by atoms with van der Waals surface area (Å²) in [5, 5.41) is 9.10. The summed E-state index contributed by atoms with van der Waals surface area (Å²) >= 11 is 0. The molecule has 0 aliphatic heterocycles. The fraction of sp³-hybridized carbons (Fsp3) is 0.684. The number of hydrogen-bond donors (Lipinski definition) is 1. The van der Waals surface area contributed by atoms with Crippen LogP contribution in [0.1, 0.15) is 79.2 Å². The third-order valence-corrected chi connectivity index (χ3v) is 3.41. The van der Waals surface area contributed by atoms with Crippen LogP contribution in [0.4, 0.5) is 0 Å². The Balaban J connectivity index is 0.000000567. The third kappa shape index (κ3) is 8.90. The molecule has 0 amide bonds. The quantitative estimate of drug-likeness (QED) is 0.373. The first-order valence-corrected chi connectivity index (χ1v) is 8.17. The average molecular weight is 294 g/mol. The van der Waals surface area contributed by atoms with Crippen molar-refractivity contribution in [3.05, 3.63) is 35.9 Å². The van der Waals surface area contributed by atoms with Crippen molar-refractivity contribution in [2.24, 2.45) is 5.41 Å². The van der Waals surface area contributed by atoms with Gasteiger partial charge >= 0.3 is 0 Å². The second-order valence-electron chi connectivity index (χ2n) is 7.13. The topological polar surface area (TPSA) is 29.5 Å². The molecule has 1 rings (SSSR count). The molecule has 1 N–H and O–H groups in total. The van der Waals surface area contributed by atoms with E-state index in [4.69, 9.17) is 10.1 Å². The molecule has 1 unspecified atom stereocenters. The Labute approximate surface area is 131 Å². The maximum absolute atomic E-state index is 9.10. The molecule has 1 aromatic rings. The van der Waals surface area contributed by atoms with Crippen molar-refractivity contribution in [1.29, 1.82) is 0 Å². The van der Waals surface area contributed by atoms with Crippen LogP contribution in [0.2, 0.25) is 0 Å². The maximum Gasteiger partial charge on any atom is 0.126 e. The lowest BCUT2D eigenvalue weighted by Gasteiger charge is -2.33. The summed E-state index contributed by atoms with van der Waals surface area (Å²) in [5.74, 6) is 0. The molecule has 21 heavy (non-hydrogen) atoms. The maximum atomic E-state index is 9.10. The van der Waals surface area contributed by atoms with Gasteiger partial charge in [0.1, 0.15) is 5.60 Å². The lowest BCUT2D eigenvalue weighted by molar-refractivity contribution is -0.330. The molecule has 1 atom stereocenters. The van der Waals surface area contributed by atoms with Gasteiger partial charge < -0.3 is 0 Å². The van der Waals surface area contributed by atoms with E-state index in [1.165, 1.54) is 25.7 Å². The Bertz CT molecular complexity index is 350. The van der Waals surface area contributed by atoms with Crippen LogP contribution in [0.5, 0.6) is 0 Å². The molecule has 2 heteroatoms. The van der Waals surface area contributed by atoms with Crippen molar-refractivity contribution in [3.63, 3.8) is 0 Å². The zero-order valence-corrected chi connectivity index (χ0v) is 14.8. The van der Waals surface area contributed by atoms with Crippen molar-refractivity contribution in [2.45, 2.75) is 79.2 Å². The third-order valence-electron chi connectivity index (χ3n) is 3.41. The molecule has 1 aromatic carbocycles. The van der Waals surface area contributed by atoms with Gasteiger partial charge in [-0.25, -0.2) is 4.89 Å². The van der Waals surface area contributed by atoms with Crippen molar-refractivity contribution >= 4 is 0 Å². The van der Waals surface area contributed by atoms with Crippen LogP contribution >= 0.6 is 0 Å². The van der Waals surface area contributed by atoms with Crippen molar-refractivity contribution < 1.29 is 10.1 Å². The minimum absolute atomic E-state index is 0.104. The minimum Gasteiger partial charge on any atom is -0.251 e. The summed E-state index contributed by atoms with van der Waals surface area (Å²) < 4.78 is 0.